The third kappa shape index (κ3) is 7.34. The van der Waals surface area contributed by atoms with Crippen LogP contribution in [0.4, 0.5) is 4.39 Å². The van der Waals surface area contributed by atoms with Crippen molar-refractivity contribution in [2.24, 2.45) is 7.05 Å². The van der Waals surface area contributed by atoms with Gasteiger partial charge in [0.25, 0.3) is 0 Å². The number of fused-ring (bicyclic) bond motifs is 3. The molecule has 3 nitrogen and oxygen atoms in total. The monoisotopic (exact) mass is 517 g/mol. The van der Waals surface area contributed by atoms with Crippen molar-refractivity contribution in [1.29, 1.82) is 0 Å². The van der Waals surface area contributed by atoms with Crippen LogP contribution in [0.15, 0.2) is 67.3 Å². The van der Waals surface area contributed by atoms with Gasteiger partial charge in [-0.15, -0.1) is 13.2 Å². The van der Waals surface area contributed by atoms with E-state index in [0.29, 0.717) is 18.9 Å². The highest BCUT2D eigenvalue weighted by atomic mass is 19.1. The Morgan fingerprint density at radius 1 is 1.21 bits per heavy atom. The number of carbonyl (C=O) groups excluding carboxylic acids is 1. The van der Waals surface area contributed by atoms with Crippen molar-refractivity contribution in [3.8, 4) is 0 Å². The van der Waals surface area contributed by atoms with E-state index < -0.39 is 0 Å². The lowest BCUT2D eigenvalue weighted by Crippen LogP contribution is -2.16. The Labute approximate surface area is 228 Å². The van der Waals surface area contributed by atoms with Crippen LogP contribution in [0.25, 0.3) is 16.5 Å². The molecule has 204 valence electrons. The van der Waals surface area contributed by atoms with Crippen LogP contribution in [0, 0.1) is 12.7 Å². The van der Waals surface area contributed by atoms with E-state index >= 15 is 0 Å². The quantitative estimate of drug-likeness (QED) is 0.249. The van der Waals surface area contributed by atoms with E-state index in [2.05, 4.69) is 63.8 Å². The molecule has 0 saturated carbocycles. The van der Waals surface area contributed by atoms with Gasteiger partial charge >= 0.3 is 5.97 Å². The minimum Gasteiger partial charge on any atom is -0.466 e. The number of benzene rings is 2. The molecule has 0 spiro atoms. The van der Waals surface area contributed by atoms with Gasteiger partial charge < -0.3 is 9.30 Å². The van der Waals surface area contributed by atoms with Crippen molar-refractivity contribution >= 4 is 22.4 Å². The molecular formula is C34H44FNO2. The van der Waals surface area contributed by atoms with E-state index in [4.69, 9.17) is 4.74 Å². The molecule has 4 rings (SSSR count). The number of hydrogen-bond donors (Lipinski definition) is 0. The third-order valence-electron chi connectivity index (χ3n) is 6.35. The molecule has 1 aliphatic rings. The van der Waals surface area contributed by atoms with Crippen molar-refractivity contribution in [1.82, 2.24) is 4.57 Å². The Bertz CT molecular complexity index is 1300. The molecule has 4 heteroatoms. The summed E-state index contributed by atoms with van der Waals surface area (Å²) >= 11 is 0. The number of rotatable bonds is 5. The molecule has 38 heavy (non-hydrogen) atoms. The molecule has 2 aromatic carbocycles. The van der Waals surface area contributed by atoms with Crippen molar-refractivity contribution in [3.05, 3.63) is 101 Å². The van der Waals surface area contributed by atoms with E-state index in [1.165, 1.54) is 39.7 Å². The maximum atomic E-state index is 13.6. The van der Waals surface area contributed by atoms with Crippen LogP contribution >= 0.6 is 0 Å². The smallest absolute Gasteiger partial charge is 0.306 e. The van der Waals surface area contributed by atoms with Gasteiger partial charge in [-0.3, -0.25) is 4.79 Å². The van der Waals surface area contributed by atoms with Gasteiger partial charge in [0, 0.05) is 29.6 Å². The molecule has 0 saturated heterocycles. The Kier molecular flexibility index (Phi) is 11.3. The molecule has 0 radical (unpaired) electrons. The zero-order valence-electron chi connectivity index (χ0n) is 24.5. The van der Waals surface area contributed by atoms with Crippen LogP contribution in [0.3, 0.4) is 0 Å². The molecule has 1 heterocycles. The predicted octanol–water partition coefficient (Wildman–Crippen LogP) is 9.40. The number of carbonyl (C=O) groups is 1. The van der Waals surface area contributed by atoms with E-state index in [9.17, 15) is 9.18 Å². The van der Waals surface area contributed by atoms with Crippen molar-refractivity contribution < 1.29 is 13.9 Å². The molecule has 1 aromatic heterocycles. The fourth-order valence-electron chi connectivity index (χ4n) is 4.93. The maximum Gasteiger partial charge on any atom is 0.306 e. The number of allylic oxidation sites excluding steroid dienone is 3. The van der Waals surface area contributed by atoms with E-state index in [1.54, 1.807) is 6.08 Å². The molecule has 1 aliphatic carbocycles. The van der Waals surface area contributed by atoms with E-state index in [1.807, 2.05) is 39.8 Å². The second-order valence-electron chi connectivity index (χ2n) is 10.4. The average molecular weight is 518 g/mol. The van der Waals surface area contributed by atoms with E-state index in [-0.39, 0.29) is 17.7 Å². The molecule has 0 aliphatic heterocycles. The normalized spacial score (nSPS) is 13.9. The van der Waals surface area contributed by atoms with E-state index in [0.717, 1.165) is 28.8 Å². The zero-order valence-corrected chi connectivity index (χ0v) is 24.5. The van der Waals surface area contributed by atoms with Crippen molar-refractivity contribution in [3.63, 3.8) is 0 Å². The summed E-state index contributed by atoms with van der Waals surface area (Å²) in [4.78, 5) is 12.4. The summed E-state index contributed by atoms with van der Waals surface area (Å²) in [7, 11) is 2.09. The first-order valence-electron chi connectivity index (χ1n) is 13.4. The lowest BCUT2D eigenvalue weighted by Gasteiger charge is -2.24. The molecule has 3 aromatic rings. The molecule has 1 unspecified atom stereocenters. The first-order chi connectivity index (χ1) is 18.0. The fourth-order valence-corrected chi connectivity index (χ4v) is 4.93. The minimum absolute atomic E-state index is 0.0533. The van der Waals surface area contributed by atoms with Crippen LogP contribution in [0.2, 0.25) is 0 Å². The molecule has 0 N–H and O–H groups in total. The first kappa shape index (κ1) is 30.8. The minimum atomic E-state index is -0.239. The van der Waals surface area contributed by atoms with Crippen LogP contribution in [-0.2, 0) is 16.6 Å². The Morgan fingerprint density at radius 2 is 1.79 bits per heavy atom. The van der Waals surface area contributed by atoms with Gasteiger partial charge in [0.1, 0.15) is 5.82 Å². The molecule has 0 fully saturated rings. The van der Waals surface area contributed by atoms with Crippen LogP contribution < -0.4 is 0 Å². The molecule has 0 amide bonds. The molecule has 0 bridgehead atoms. The van der Waals surface area contributed by atoms with Gasteiger partial charge in [-0.05, 0) is 87.4 Å². The van der Waals surface area contributed by atoms with Gasteiger partial charge in [0.15, 0.2) is 0 Å². The summed E-state index contributed by atoms with van der Waals surface area (Å²) < 4.78 is 21.1. The lowest BCUT2D eigenvalue weighted by atomic mass is 9.82. The summed E-state index contributed by atoms with van der Waals surface area (Å²) in [6.07, 6.45) is 5.06. The van der Waals surface area contributed by atoms with Crippen molar-refractivity contribution in [2.45, 2.75) is 73.1 Å². The first-order valence-corrected chi connectivity index (χ1v) is 13.4. The summed E-state index contributed by atoms with van der Waals surface area (Å²) in [5.74, 6) is 0.0621. The highest BCUT2D eigenvalue weighted by molar-refractivity contribution is 6.01. The summed E-state index contributed by atoms with van der Waals surface area (Å²) in [5.41, 5.74) is 9.32. The predicted molar refractivity (Wildman–Crippen MR) is 160 cm³/mol. The number of ether oxygens (including phenoxy) is 1. The Balaban J connectivity index is 0.000000650. The van der Waals surface area contributed by atoms with Gasteiger partial charge in [-0.2, -0.15) is 0 Å². The second kappa shape index (κ2) is 13.9. The number of nitrogens with zero attached hydrogens (tertiary/aromatic N) is 1. The lowest BCUT2D eigenvalue weighted by molar-refractivity contribution is -0.143. The van der Waals surface area contributed by atoms with Gasteiger partial charge in [-0.25, -0.2) is 4.39 Å². The molecular weight excluding hydrogens is 473 g/mol. The zero-order chi connectivity index (χ0) is 28.6. The number of hydrogen-bond acceptors (Lipinski definition) is 2. The van der Waals surface area contributed by atoms with Crippen molar-refractivity contribution in [2.75, 3.05) is 6.61 Å². The van der Waals surface area contributed by atoms with Gasteiger partial charge in [-0.1, -0.05) is 49.8 Å². The fraction of sp³-hybridized carbons (Fsp3) is 0.382. The number of esters is 1. The summed E-state index contributed by atoms with van der Waals surface area (Å²) in [6, 6.07) is 11.3. The maximum absolute atomic E-state index is 13.6. The molecule has 1 atom stereocenters. The summed E-state index contributed by atoms with van der Waals surface area (Å²) in [6.45, 7) is 21.5. The van der Waals surface area contributed by atoms with Gasteiger partial charge in [0.2, 0.25) is 0 Å². The largest absolute Gasteiger partial charge is 0.466 e. The average Bonchev–Trinajstić information content (AvgIpc) is 3.14. The second-order valence-corrected chi connectivity index (χ2v) is 10.4. The third-order valence-corrected chi connectivity index (χ3v) is 6.35. The highest BCUT2D eigenvalue weighted by Crippen LogP contribution is 2.46. The standard InChI is InChI=1S/C27H30FNO2.C4H8.C3H6/c1-6-31-24(30)15-19-9-12-22(18-7-10-21(28)11-8-18)25-23-14-20(16(2)3)13-17(4)26(23)29(5)27(19)25;1-4(2)3;1-3-2/h7-8,10-14,16,19H,6,9,15H2,1-5H3;1H2,2-3H3;3H,1H2,2H3. The Hall–Kier alpha value is -3.40. The van der Waals surface area contributed by atoms with Gasteiger partial charge in [0.05, 0.1) is 18.5 Å². The van der Waals surface area contributed by atoms with Crippen LogP contribution in [0.5, 0.6) is 0 Å². The SMILES string of the molecule is C=C(C)C.C=CC.CCOC(=O)CC1CC=C(c2ccc(F)cc2)c2c1n(C)c1c(C)cc(C(C)C)cc21. The summed E-state index contributed by atoms with van der Waals surface area (Å²) in [5, 5.41) is 1.20. The van der Waals surface area contributed by atoms with Crippen LogP contribution in [-0.4, -0.2) is 17.1 Å². The topological polar surface area (TPSA) is 31.2 Å². The van der Waals surface area contributed by atoms with Crippen LogP contribution in [0.1, 0.15) is 94.2 Å². The highest BCUT2D eigenvalue weighted by Gasteiger charge is 2.31. The number of aryl methyl sites for hydroxylation is 2. The number of aromatic nitrogens is 1. The Morgan fingerprint density at radius 3 is 2.32 bits per heavy atom. The number of halogens is 1.